The molecule has 0 bridgehead atoms. The number of amides is 1. The van der Waals surface area contributed by atoms with Crippen molar-refractivity contribution in [1.82, 2.24) is 4.90 Å². The molecular formula is C22H25N3O3. The van der Waals surface area contributed by atoms with Crippen molar-refractivity contribution < 1.29 is 14.3 Å². The fourth-order valence-corrected chi connectivity index (χ4v) is 3.39. The normalized spacial score (nSPS) is 16.1. The monoisotopic (exact) mass is 379 g/mol. The Bertz CT molecular complexity index is 917. The van der Waals surface area contributed by atoms with E-state index in [0.29, 0.717) is 17.7 Å². The van der Waals surface area contributed by atoms with Gasteiger partial charge in [-0.2, -0.15) is 0 Å². The highest BCUT2D eigenvalue weighted by Gasteiger charge is 2.34. The number of fused-ring (bicyclic) bond motifs is 1. The standard InChI is InChI=1S/C22H25N3O3/c1-5-18(23-16-9-6-14(7-10-16)13-25(2)3)20-17-11-8-15(22(27)28-4)12-19(17)24-21(20)26/h6-12,20H,5,13H2,1-4H3,(H,24,26). The molecule has 0 radical (unpaired) electrons. The Labute approximate surface area is 165 Å². The Morgan fingerprint density at radius 1 is 1.18 bits per heavy atom. The number of carbonyl (C=O) groups excluding carboxylic acids is 2. The SMILES string of the molecule is CCC(=Nc1ccc(CN(C)C)cc1)C1C(=O)Nc2cc(C(=O)OC)ccc21. The summed E-state index contributed by atoms with van der Waals surface area (Å²) >= 11 is 0. The number of benzene rings is 2. The van der Waals surface area contributed by atoms with E-state index in [2.05, 4.69) is 22.3 Å². The number of aliphatic imine (C=N–C) groups is 1. The summed E-state index contributed by atoms with van der Waals surface area (Å²) in [5, 5.41) is 2.87. The molecule has 1 unspecified atom stereocenters. The topological polar surface area (TPSA) is 71.0 Å². The van der Waals surface area contributed by atoms with Gasteiger partial charge in [-0.15, -0.1) is 0 Å². The maximum atomic E-state index is 12.6. The van der Waals surface area contributed by atoms with E-state index in [9.17, 15) is 9.59 Å². The van der Waals surface area contributed by atoms with Gasteiger partial charge >= 0.3 is 5.97 Å². The van der Waals surface area contributed by atoms with Crippen molar-refractivity contribution >= 4 is 29.0 Å². The lowest BCUT2D eigenvalue weighted by Crippen LogP contribution is -2.20. The molecule has 1 atom stereocenters. The lowest BCUT2D eigenvalue weighted by atomic mass is 9.93. The number of rotatable bonds is 6. The molecule has 0 aliphatic carbocycles. The van der Waals surface area contributed by atoms with Crippen LogP contribution in [0.15, 0.2) is 47.5 Å². The first-order chi connectivity index (χ1) is 13.4. The zero-order chi connectivity index (χ0) is 20.3. The summed E-state index contributed by atoms with van der Waals surface area (Å²) in [6.45, 7) is 2.86. The van der Waals surface area contributed by atoms with Crippen LogP contribution in [0.25, 0.3) is 0 Å². The molecule has 2 aromatic carbocycles. The van der Waals surface area contributed by atoms with Crippen molar-refractivity contribution in [1.29, 1.82) is 0 Å². The maximum Gasteiger partial charge on any atom is 0.337 e. The van der Waals surface area contributed by atoms with Crippen molar-refractivity contribution in [2.45, 2.75) is 25.8 Å². The van der Waals surface area contributed by atoms with Crippen LogP contribution in [0.2, 0.25) is 0 Å². The molecule has 6 nitrogen and oxygen atoms in total. The Kier molecular flexibility index (Phi) is 5.90. The number of methoxy groups -OCH3 is 1. The molecule has 28 heavy (non-hydrogen) atoms. The number of carbonyl (C=O) groups is 2. The molecule has 0 spiro atoms. The Morgan fingerprint density at radius 3 is 2.50 bits per heavy atom. The van der Waals surface area contributed by atoms with Gasteiger partial charge < -0.3 is 15.0 Å². The summed E-state index contributed by atoms with van der Waals surface area (Å²) in [6.07, 6.45) is 0.649. The van der Waals surface area contributed by atoms with Gasteiger partial charge in [0.1, 0.15) is 5.92 Å². The number of nitrogens with zero attached hydrogens (tertiary/aromatic N) is 2. The van der Waals surface area contributed by atoms with E-state index in [1.165, 1.54) is 12.7 Å². The molecule has 146 valence electrons. The van der Waals surface area contributed by atoms with Crippen molar-refractivity contribution in [2.75, 3.05) is 26.5 Å². The molecule has 1 aliphatic heterocycles. The van der Waals surface area contributed by atoms with E-state index < -0.39 is 11.9 Å². The second-order valence-corrected chi connectivity index (χ2v) is 7.08. The van der Waals surface area contributed by atoms with Gasteiger partial charge in [-0.1, -0.05) is 25.1 Å². The first-order valence-corrected chi connectivity index (χ1v) is 9.27. The second kappa shape index (κ2) is 8.35. The van der Waals surface area contributed by atoms with Gasteiger partial charge in [-0.3, -0.25) is 9.79 Å². The molecular weight excluding hydrogens is 354 g/mol. The summed E-state index contributed by atoms with van der Waals surface area (Å²) in [5.41, 5.74) is 4.71. The molecule has 1 N–H and O–H groups in total. The number of nitrogens with one attached hydrogen (secondary N) is 1. The molecule has 0 fully saturated rings. The van der Waals surface area contributed by atoms with Gasteiger partial charge in [-0.05, 0) is 55.9 Å². The smallest absolute Gasteiger partial charge is 0.337 e. The third-order valence-electron chi connectivity index (χ3n) is 4.71. The number of ether oxygens (including phenoxy) is 1. The van der Waals surface area contributed by atoms with Gasteiger partial charge in [-0.25, -0.2) is 4.79 Å². The van der Waals surface area contributed by atoms with Crippen LogP contribution in [0, 0.1) is 0 Å². The van der Waals surface area contributed by atoms with Gasteiger partial charge in [0.15, 0.2) is 0 Å². The minimum Gasteiger partial charge on any atom is -0.465 e. The fraction of sp³-hybridized carbons (Fsp3) is 0.318. The average molecular weight is 379 g/mol. The van der Waals surface area contributed by atoms with Crippen LogP contribution < -0.4 is 5.32 Å². The molecule has 2 aromatic rings. The Balaban J connectivity index is 1.90. The highest BCUT2D eigenvalue weighted by atomic mass is 16.5. The zero-order valence-corrected chi connectivity index (χ0v) is 16.7. The van der Waals surface area contributed by atoms with Crippen LogP contribution in [0.4, 0.5) is 11.4 Å². The van der Waals surface area contributed by atoms with Gasteiger partial charge in [0, 0.05) is 17.9 Å². The van der Waals surface area contributed by atoms with Crippen LogP contribution in [-0.2, 0) is 16.1 Å². The molecule has 1 amide bonds. The molecule has 6 heteroatoms. The quantitative estimate of drug-likeness (QED) is 0.613. The molecule has 0 saturated carbocycles. The van der Waals surface area contributed by atoms with E-state index in [1.54, 1.807) is 18.2 Å². The fourth-order valence-electron chi connectivity index (χ4n) is 3.39. The van der Waals surface area contributed by atoms with E-state index in [0.717, 1.165) is 23.5 Å². The third kappa shape index (κ3) is 4.12. The first kappa shape index (κ1) is 19.8. The summed E-state index contributed by atoms with van der Waals surface area (Å²) in [6, 6.07) is 13.2. The van der Waals surface area contributed by atoms with Gasteiger partial charge in [0.2, 0.25) is 5.91 Å². The van der Waals surface area contributed by atoms with Crippen LogP contribution in [0.1, 0.15) is 40.7 Å². The predicted octanol–water partition coefficient (Wildman–Crippen LogP) is 3.75. The average Bonchev–Trinajstić information content (AvgIpc) is 3.01. The van der Waals surface area contributed by atoms with E-state index in [1.807, 2.05) is 33.2 Å². The minimum absolute atomic E-state index is 0.123. The number of hydrogen-bond acceptors (Lipinski definition) is 5. The van der Waals surface area contributed by atoms with Crippen LogP contribution >= 0.6 is 0 Å². The zero-order valence-electron chi connectivity index (χ0n) is 16.7. The summed E-state index contributed by atoms with van der Waals surface area (Å²) in [5.74, 6) is -1.00. The highest BCUT2D eigenvalue weighted by molar-refractivity contribution is 6.19. The molecule has 3 rings (SSSR count). The Morgan fingerprint density at radius 2 is 1.89 bits per heavy atom. The van der Waals surface area contributed by atoms with Gasteiger partial charge in [0.25, 0.3) is 0 Å². The van der Waals surface area contributed by atoms with Gasteiger partial charge in [0.05, 0.1) is 18.4 Å². The highest BCUT2D eigenvalue weighted by Crippen LogP contribution is 2.36. The lowest BCUT2D eigenvalue weighted by molar-refractivity contribution is -0.115. The van der Waals surface area contributed by atoms with E-state index in [4.69, 9.17) is 9.73 Å². The number of anilines is 1. The second-order valence-electron chi connectivity index (χ2n) is 7.08. The molecule has 0 aromatic heterocycles. The van der Waals surface area contributed by atoms with Crippen molar-refractivity contribution in [3.63, 3.8) is 0 Å². The Hall–Kier alpha value is -2.99. The molecule has 1 aliphatic rings. The maximum absolute atomic E-state index is 12.6. The van der Waals surface area contributed by atoms with E-state index >= 15 is 0 Å². The predicted molar refractivity (Wildman–Crippen MR) is 110 cm³/mol. The van der Waals surface area contributed by atoms with Crippen LogP contribution in [-0.4, -0.2) is 43.7 Å². The van der Waals surface area contributed by atoms with Crippen molar-refractivity contribution in [3.8, 4) is 0 Å². The minimum atomic E-state index is -0.451. The number of hydrogen-bond donors (Lipinski definition) is 1. The molecule has 1 heterocycles. The number of esters is 1. The molecule has 0 saturated heterocycles. The van der Waals surface area contributed by atoms with E-state index in [-0.39, 0.29) is 5.91 Å². The van der Waals surface area contributed by atoms with Crippen molar-refractivity contribution in [2.24, 2.45) is 4.99 Å². The van der Waals surface area contributed by atoms with Crippen molar-refractivity contribution in [3.05, 3.63) is 59.2 Å². The summed E-state index contributed by atoms with van der Waals surface area (Å²) < 4.78 is 4.75. The summed E-state index contributed by atoms with van der Waals surface area (Å²) in [7, 11) is 5.40. The largest absolute Gasteiger partial charge is 0.465 e. The van der Waals surface area contributed by atoms with Crippen LogP contribution in [0.5, 0.6) is 0 Å². The first-order valence-electron chi connectivity index (χ1n) is 9.27. The van der Waals surface area contributed by atoms with Crippen LogP contribution in [0.3, 0.4) is 0 Å². The summed E-state index contributed by atoms with van der Waals surface area (Å²) in [4.78, 5) is 31.2. The lowest BCUT2D eigenvalue weighted by Gasteiger charge is -2.12. The third-order valence-corrected chi connectivity index (χ3v) is 4.71.